The quantitative estimate of drug-likeness (QED) is 0.425. The van der Waals surface area contributed by atoms with Gasteiger partial charge in [-0.15, -0.1) is 0 Å². The molecule has 1 heterocycles. The van der Waals surface area contributed by atoms with E-state index < -0.39 is 11.7 Å². The second-order valence-electron chi connectivity index (χ2n) is 8.01. The van der Waals surface area contributed by atoms with Gasteiger partial charge in [-0.3, -0.25) is 4.90 Å². The van der Waals surface area contributed by atoms with Crippen LogP contribution >= 0.6 is 0 Å². The van der Waals surface area contributed by atoms with Gasteiger partial charge < -0.3 is 4.74 Å². The summed E-state index contributed by atoms with van der Waals surface area (Å²) < 4.78 is 44.6. The van der Waals surface area contributed by atoms with Gasteiger partial charge in [0.2, 0.25) is 0 Å². The van der Waals surface area contributed by atoms with Crippen LogP contribution < -0.4 is 4.74 Å². The second-order valence-corrected chi connectivity index (χ2v) is 8.01. The summed E-state index contributed by atoms with van der Waals surface area (Å²) >= 11 is 0. The van der Waals surface area contributed by atoms with Crippen LogP contribution in [0, 0.1) is 0 Å². The van der Waals surface area contributed by atoms with Crippen molar-refractivity contribution < 1.29 is 17.9 Å². The molecule has 3 aromatic rings. The van der Waals surface area contributed by atoms with Crippen molar-refractivity contribution >= 4 is 5.57 Å². The van der Waals surface area contributed by atoms with E-state index in [1.807, 2.05) is 18.2 Å². The SMILES string of the molecule is COc1cc(CCN2CC=C(c3cccc(C(F)(F)F)c3)CC2)ccc1-c1ccccc1. The van der Waals surface area contributed by atoms with Gasteiger partial charge in [0.25, 0.3) is 0 Å². The van der Waals surface area contributed by atoms with E-state index in [1.165, 1.54) is 17.7 Å². The van der Waals surface area contributed by atoms with Crippen molar-refractivity contribution in [2.45, 2.75) is 19.0 Å². The van der Waals surface area contributed by atoms with Crippen molar-refractivity contribution in [2.24, 2.45) is 0 Å². The van der Waals surface area contributed by atoms with Crippen LogP contribution in [0.3, 0.4) is 0 Å². The minimum Gasteiger partial charge on any atom is -0.496 e. The van der Waals surface area contributed by atoms with Gasteiger partial charge >= 0.3 is 6.18 Å². The summed E-state index contributed by atoms with van der Waals surface area (Å²) in [5.41, 5.74) is 4.46. The smallest absolute Gasteiger partial charge is 0.416 e. The molecule has 32 heavy (non-hydrogen) atoms. The van der Waals surface area contributed by atoms with Gasteiger partial charge in [-0.25, -0.2) is 0 Å². The van der Waals surface area contributed by atoms with Gasteiger partial charge in [-0.2, -0.15) is 13.2 Å². The molecule has 0 N–H and O–H groups in total. The summed E-state index contributed by atoms with van der Waals surface area (Å²) in [7, 11) is 1.69. The highest BCUT2D eigenvalue weighted by molar-refractivity contribution is 5.71. The number of hydrogen-bond donors (Lipinski definition) is 0. The van der Waals surface area contributed by atoms with Crippen molar-refractivity contribution in [1.82, 2.24) is 4.90 Å². The number of rotatable bonds is 6. The molecule has 0 unspecified atom stereocenters. The third-order valence-electron chi connectivity index (χ3n) is 5.92. The average Bonchev–Trinajstić information content (AvgIpc) is 2.83. The lowest BCUT2D eigenvalue weighted by Gasteiger charge is -2.26. The number of benzene rings is 3. The maximum atomic E-state index is 13.0. The van der Waals surface area contributed by atoms with Crippen molar-refractivity contribution in [2.75, 3.05) is 26.7 Å². The molecular formula is C27H26F3NO. The van der Waals surface area contributed by atoms with Crippen LogP contribution in [0.25, 0.3) is 16.7 Å². The maximum Gasteiger partial charge on any atom is 0.416 e. The first kappa shape index (κ1) is 22.2. The Morgan fingerprint density at radius 3 is 2.38 bits per heavy atom. The number of methoxy groups -OCH3 is 1. The molecule has 2 nitrogen and oxygen atoms in total. The summed E-state index contributed by atoms with van der Waals surface area (Å²) in [6, 6.07) is 22.1. The largest absolute Gasteiger partial charge is 0.496 e. The normalized spacial score (nSPS) is 14.8. The highest BCUT2D eigenvalue weighted by Gasteiger charge is 2.30. The molecule has 0 saturated carbocycles. The number of alkyl halides is 3. The van der Waals surface area contributed by atoms with E-state index in [1.54, 1.807) is 13.2 Å². The van der Waals surface area contributed by atoms with Crippen molar-refractivity contribution in [3.63, 3.8) is 0 Å². The zero-order chi connectivity index (χ0) is 22.6. The Bertz CT molecular complexity index is 1090. The van der Waals surface area contributed by atoms with Crippen LogP contribution in [0.15, 0.2) is 78.9 Å². The molecule has 1 aliphatic heterocycles. The molecule has 0 bridgehead atoms. The molecule has 0 atom stereocenters. The predicted molar refractivity (Wildman–Crippen MR) is 123 cm³/mol. The third kappa shape index (κ3) is 5.22. The topological polar surface area (TPSA) is 12.5 Å². The predicted octanol–water partition coefficient (Wildman–Crippen LogP) is 6.71. The van der Waals surface area contributed by atoms with Crippen LogP contribution in [-0.4, -0.2) is 31.6 Å². The number of ether oxygens (including phenoxy) is 1. The molecule has 0 radical (unpaired) electrons. The molecule has 1 aliphatic rings. The molecular weight excluding hydrogens is 411 g/mol. The lowest BCUT2D eigenvalue weighted by atomic mass is 9.97. The fraction of sp³-hybridized carbons (Fsp3) is 0.259. The number of hydrogen-bond acceptors (Lipinski definition) is 2. The first-order valence-electron chi connectivity index (χ1n) is 10.8. The van der Waals surface area contributed by atoms with Gasteiger partial charge in [-0.1, -0.05) is 60.7 Å². The lowest BCUT2D eigenvalue weighted by molar-refractivity contribution is -0.137. The fourth-order valence-corrected chi connectivity index (χ4v) is 4.11. The zero-order valence-electron chi connectivity index (χ0n) is 18.0. The average molecular weight is 438 g/mol. The van der Waals surface area contributed by atoms with Crippen LogP contribution in [0.5, 0.6) is 5.75 Å². The number of halogens is 3. The number of nitrogens with zero attached hydrogens (tertiary/aromatic N) is 1. The Balaban J connectivity index is 1.38. The Hall–Kier alpha value is -3.05. The highest BCUT2D eigenvalue weighted by atomic mass is 19.4. The van der Waals surface area contributed by atoms with Crippen LogP contribution in [-0.2, 0) is 12.6 Å². The molecule has 0 spiro atoms. The van der Waals surface area contributed by atoms with Crippen LogP contribution in [0.2, 0.25) is 0 Å². The van der Waals surface area contributed by atoms with E-state index in [2.05, 4.69) is 41.3 Å². The summed E-state index contributed by atoms with van der Waals surface area (Å²) in [6.45, 7) is 2.46. The van der Waals surface area contributed by atoms with Gasteiger partial charge in [0.15, 0.2) is 0 Å². The van der Waals surface area contributed by atoms with E-state index in [9.17, 15) is 13.2 Å². The zero-order valence-corrected chi connectivity index (χ0v) is 18.0. The van der Waals surface area contributed by atoms with Crippen molar-refractivity contribution in [3.8, 4) is 16.9 Å². The van der Waals surface area contributed by atoms with Gasteiger partial charge in [0.05, 0.1) is 12.7 Å². The summed E-state index contributed by atoms with van der Waals surface area (Å²) in [4.78, 5) is 2.33. The van der Waals surface area contributed by atoms with Gasteiger partial charge in [0.1, 0.15) is 5.75 Å². The summed E-state index contributed by atoms with van der Waals surface area (Å²) in [5, 5.41) is 0. The molecule has 3 aromatic carbocycles. The molecule has 166 valence electrons. The Labute approximate surface area is 187 Å². The molecule has 0 aromatic heterocycles. The molecule has 5 heteroatoms. The Kier molecular flexibility index (Phi) is 6.66. The summed E-state index contributed by atoms with van der Waals surface area (Å²) in [5.74, 6) is 0.860. The third-order valence-corrected chi connectivity index (χ3v) is 5.92. The van der Waals surface area contributed by atoms with E-state index in [0.29, 0.717) is 5.56 Å². The van der Waals surface area contributed by atoms with Crippen molar-refractivity contribution in [3.05, 3.63) is 95.6 Å². The van der Waals surface area contributed by atoms with Crippen LogP contribution in [0.1, 0.15) is 23.1 Å². The van der Waals surface area contributed by atoms with Crippen molar-refractivity contribution in [1.29, 1.82) is 0 Å². The van der Waals surface area contributed by atoms with E-state index in [0.717, 1.165) is 61.0 Å². The van der Waals surface area contributed by atoms with E-state index in [4.69, 9.17) is 4.74 Å². The van der Waals surface area contributed by atoms with E-state index >= 15 is 0 Å². The van der Waals surface area contributed by atoms with Gasteiger partial charge in [-0.05, 0) is 53.3 Å². The van der Waals surface area contributed by atoms with Gasteiger partial charge in [0, 0.05) is 25.2 Å². The minimum atomic E-state index is -4.31. The standard InChI is InChI=1S/C27H26F3NO/c1-32-26-18-20(10-11-25(26)22-6-3-2-4-7-22)12-15-31-16-13-21(14-17-31)23-8-5-9-24(19-23)27(28,29)30/h2-11,13,18-19H,12,14-17H2,1H3. The Morgan fingerprint density at radius 1 is 0.906 bits per heavy atom. The molecule has 0 aliphatic carbocycles. The molecule has 4 rings (SSSR count). The molecule has 0 saturated heterocycles. The first-order chi connectivity index (χ1) is 15.4. The maximum absolute atomic E-state index is 13.0. The first-order valence-corrected chi connectivity index (χ1v) is 10.8. The Morgan fingerprint density at radius 2 is 1.69 bits per heavy atom. The second kappa shape index (κ2) is 9.61. The molecule has 0 fully saturated rings. The fourth-order valence-electron chi connectivity index (χ4n) is 4.11. The van der Waals surface area contributed by atoms with E-state index in [-0.39, 0.29) is 0 Å². The molecule has 0 amide bonds. The minimum absolute atomic E-state index is 0.591. The summed E-state index contributed by atoms with van der Waals surface area (Å²) in [6.07, 6.45) is -0.623. The highest BCUT2D eigenvalue weighted by Crippen LogP contribution is 2.33. The lowest BCUT2D eigenvalue weighted by Crippen LogP contribution is -2.30. The van der Waals surface area contributed by atoms with Crippen LogP contribution in [0.4, 0.5) is 13.2 Å². The monoisotopic (exact) mass is 437 g/mol.